The van der Waals surface area contributed by atoms with Crippen LogP contribution in [0.5, 0.6) is 0 Å². The lowest BCUT2D eigenvalue weighted by atomic mass is 10.0. The summed E-state index contributed by atoms with van der Waals surface area (Å²) in [5, 5.41) is 22.4. The number of aliphatic hydroxyl groups is 1. The summed E-state index contributed by atoms with van der Waals surface area (Å²) in [6.45, 7) is 3.39. The summed E-state index contributed by atoms with van der Waals surface area (Å²) in [5.41, 5.74) is 8.08. The van der Waals surface area contributed by atoms with Crippen molar-refractivity contribution < 1.29 is 29.1 Å². The van der Waals surface area contributed by atoms with Crippen molar-refractivity contribution in [1.29, 1.82) is 0 Å². The number of nitrogens with zero attached hydrogens (tertiary/aromatic N) is 1. The third kappa shape index (κ3) is 10.7. The van der Waals surface area contributed by atoms with E-state index in [-0.39, 0.29) is 31.7 Å². The molecule has 1 aliphatic rings. The predicted octanol–water partition coefficient (Wildman–Crippen LogP) is 1.92. The quantitative estimate of drug-likeness (QED) is 0.134. The molecule has 50 heavy (non-hydrogen) atoms. The van der Waals surface area contributed by atoms with Gasteiger partial charge in [0.1, 0.15) is 23.9 Å². The highest BCUT2D eigenvalue weighted by atomic mass is 33.1. The molecular formula is C35H47N7O6S2. The van der Waals surface area contributed by atoms with E-state index in [1.54, 1.807) is 0 Å². The van der Waals surface area contributed by atoms with Gasteiger partial charge in [0.2, 0.25) is 29.5 Å². The summed E-state index contributed by atoms with van der Waals surface area (Å²) in [6, 6.07) is 13.4. The van der Waals surface area contributed by atoms with Crippen LogP contribution in [0, 0.1) is 6.92 Å². The lowest BCUT2D eigenvalue weighted by molar-refractivity contribution is -0.133. The number of H-pyrrole nitrogens is 1. The first-order valence-corrected chi connectivity index (χ1v) is 19.3. The maximum absolute atomic E-state index is 14.3. The third-order valence-electron chi connectivity index (χ3n) is 8.39. The molecular weight excluding hydrogens is 679 g/mol. The highest BCUT2D eigenvalue weighted by Crippen LogP contribution is 2.31. The Bertz CT molecular complexity index is 1620. The van der Waals surface area contributed by atoms with Gasteiger partial charge in [-0.3, -0.25) is 28.9 Å². The minimum Gasteiger partial charge on any atom is -0.391 e. The van der Waals surface area contributed by atoms with E-state index in [2.05, 4.69) is 26.3 Å². The van der Waals surface area contributed by atoms with Gasteiger partial charge >= 0.3 is 0 Å². The van der Waals surface area contributed by atoms with Crippen LogP contribution in [-0.2, 0) is 30.4 Å². The van der Waals surface area contributed by atoms with Gasteiger partial charge in [-0.15, -0.1) is 0 Å². The Morgan fingerprint density at radius 3 is 2.34 bits per heavy atom. The van der Waals surface area contributed by atoms with Crippen molar-refractivity contribution in [2.24, 2.45) is 5.73 Å². The normalized spacial score (nSPS) is 21.6. The minimum atomic E-state index is -1.29. The van der Waals surface area contributed by atoms with Crippen molar-refractivity contribution in [1.82, 2.24) is 26.3 Å². The standard InChI is InChI=1S/C35H47N7O6S2/c1-22-25-12-6-7-13-26(25)40-32(22)42-28(14-8-9-16-36)34(47)41-31(23(2)43)35(48)37-17-19-50-49-18-15-29(44)39-27(33(46)38-21-30(42)45)20-24-10-4-3-5-11-24/h3-7,10-13,23,27-28,31,40,43H,8-9,14-21,36H2,1-2H3,(H,37,48)(H,38,46)(H,39,44)(H,41,47)/t23-,27+,28+,31?/m1/s1. The van der Waals surface area contributed by atoms with E-state index in [9.17, 15) is 29.1 Å². The Kier molecular flexibility index (Phi) is 15.0. The Labute approximate surface area is 300 Å². The molecule has 13 nitrogen and oxygen atoms in total. The monoisotopic (exact) mass is 725 g/mol. The molecule has 1 unspecified atom stereocenters. The molecule has 270 valence electrons. The van der Waals surface area contributed by atoms with Gasteiger partial charge in [-0.2, -0.15) is 0 Å². The number of benzene rings is 2. The van der Waals surface area contributed by atoms with Crippen LogP contribution in [0.1, 0.15) is 43.7 Å². The predicted molar refractivity (Wildman–Crippen MR) is 198 cm³/mol. The maximum atomic E-state index is 14.3. The van der Waals surface area contributed by atoms with Crippen molar-refractivity contribution in [3.8, 4) is 0 Å². The molecule has 0 spiro atoms. The van der Waals surface area contributed by atoms with Crippen LogP contribution >= 0.6 is 21.6 Å². The summed E-state index contributed by atoms with van der Waals surface area (Å²) in [5.74, 6) is -1.31. The molecule has 0 aliphatic carbocycles. The first-order chi connectivity index (χ1) is 24.1. The smallest absolute Gasteiger partial charge is 0.248 e. The van der Waals surface area contributed by atoms with Gasteiger partial charge in [-0.05, 0) is 56.8 Å². The summed E-state index contributed by atoms with van der Waals surface area (Å²) in [4.78, 5) is 72.9. The number of para-hydroxylation sites is 1. The highest BCUT2D eigenvalue weighted by molar-refractivity contribution is 8.76. The molecule has 4 atom stereocenters. The molecule has 5 amide bonds. The van der Waals surface area contributed by atoms with E-state index in [0.29, 0.717) is 42.3 Å². The number of hydrogen-bond donors (Lipinski definition) is 7. The minimum absolute atomic E-state index is 0.162. The van der Waals surface area contributed by atoms with Crippen molar-refractivity contribution in [2.45, 2.75) is 70.2 Å². The summed E-state index contributed by atoms with van der Waals surface area (Å²) in [6.07, 6.45) is 0.383. The molecule has 4 rings (SSSR count). The van der Waals surface area contributed by atoms with Crippen LogP contribution in [0.4, 0.5) is 5.82 Å². The average Bonchev–Trinajstić information content (AvgIpc) is 3.43. The second-order valence-electron chi connectivity index (χ2n) is 12.1. The second-order valence-corrected chi connectivity index (χ2v) is 14.8. The topological polar surface area (TPSA) is 199 Å². The second kappa shape index (κ2) is 19.4. The molecule has 0 saturated carbocycles. The van der Waals surface area contributed by atoms with E-state index in [1.807, 2.05) is 61.5 Å². The fourth-order valence-electron chi connectivity index (χ4n) is 5.75. The average molecular weight is 726 g/mol. The number of aromatic amines is 1. The maximum Gasteiger partial charge on any atom is 0.248 e. The Morgan fingerprint density at radius 1 is 0.900 bits per heavy atom. The molecule has 1 fully saturated rings. The van der Waals surface area contributed by atoms with E-state index in [0.717, 1.165) is 16.5 Å². The van der Waals surface area contributed by atoms with Crippen molar-refractivity contribution in [3.63, 3.8) is 0 Å². The zero-order valence-corrected chi connectivity index (χ0v) is 30.0. The molecule has 1 aromatic heterocycles. The number of unbranched alkanes of at least 4 members (excludes halogenated alkanes) is 1. The van der Waals surface area contributed by atoms with Crippen molar-refractivity contribution in [3.05, 3.63) is 65.7 Å². The number of carbonyl (C=O) groups is 5. The molecule has 0 bridgehead atoms. The van der Waals surface area contributed by atoms with Crippen molar-refractivity contribution in [2.75, 3.05) is 36.0 Å². The Balaban J connectivity index is 1.73. The molecule has 0 radical (unpaired) electrons. The van der Waals surface area contributed by atoms with Crippen LogP contribution in [0.15, 0.2) is 54.6 Å². The van der Waals surface area contributed by atoms with Crippen LogP contribution < -0.4 is 31.9 Å². The lowest BCUT2D eigenvalue weighted by Gasteiger charge is -2.33. The number of aliphatic hydroxyl groups excluding tert-OH is 1. The van der Waals surface area contributed by atoms with Crippen molar-refractivity contribution >= 4 is 67.8 Å². The zero-order valence-electron chi connectivity index (χ0n) is 28.4. The van der Waals surface area contributed by atoms with E-state index >= 15 is 0 Å². The van der Waals surface area contributed by atoms with Gasteiger partial charge in [0.25, 0.3) is 0 Å². The number of amides is 5. The molecule has 3 aromatic rings. The van der Waals surface area contributed by atoms with Crippen LogP contribution in [0.25, 0.3) is 10.9 Å². The molecule has 15 heteroatoms. The van der Waals surface area contributed by atoms with E-state index < -0.39 is 54.4 Å². The van der Waals surface area contributed by atoms with Gasteiger partial charge in [0, 0.05) is 41.8 Å². The Morgan fingerprint density at radius 2 is 1.62 bits per heavy atom. The van der Waals surface area contributed by atoms with Crippen LogP contribution in [-0.4, -0.2) is 95.0 Å². The third-order valence-corrected chi connectivity index (χ3v) is 10.8. The zero-order chi connectivity index (χ0) is 36.0. The number of nitrogens with one attached hydrogen (secondary N) is 5. The van der Waals surface area contributed by atoms with Gasteiger partial charge in [-0.1, -0.05) is 70.1 Å². The number of aromatic nitrogens is 1. The SMILES string of the molecule is Cc1c(N2C(=O)CNC(=O)[C@H](Cc3ccccc3)NC(=O)CCSSCCNC(=O)C([C@@H](C)O)NC(=O)[C@@H]2CCCCN)[nH]c2ccccc12. The molecule has 8 N–H and O–H groups in total. The molecule has 1 saturated heterocycles. The lowest BCUT2D eigenvalue weighted by Crippen LogP contribution is -2.59. The fourth-order valence-corrected chi connectivity index (χ4v) is 7.65. The van der Waals surface area contributed by atoms with Crippen LogP contribution in [0.2, 0.25) is 0 Å². The number of fused-ring (bicyclic) bond motifs is 1. The summed E-state index contributed by atoms with van der Waals surface area (Å²) >= 11 is 0. The number of nitrogens with two attached hydrogens (primary N) is 1. The number of carbonyl (C=O) groups excluding carboxylic acids is 5. The fraction of sp³-hybridized carbons (Fsp3) is 0.457. The number of anilines is 1. The van der Waals surface area contributed by atoms with Gasteiger partial charge < -0.3 is 37.1 Å². The van der Waals surface area contributed by atoms with Gasteiger partial charge in [-0.25, -0.2) is 0 Å². The number of rotatable bonds is 8. The van der Waals surface area contributed by atoms with Gasteiger partial charge in [0.05, 0.1) is 12.6 Å². The van der Waals surface area contributed by atoms with E-state index in [1.165, 1.54) is 33.4 Å². The first-order valence-electron chi connectivity index (χ1n) is 16.8. The molecule has 1 aliphatic heterocycles. The summed E-state index contributed by atoms with van der Waals surface area (Å²) in [7, 11) is 2.92. The molecule has 2 heterocycles. The first kappa shape index (κ1) is 38.7. The number of aryl methyl sites for hydroxylation is 1. The van der Waals surface area contributed by atoms with Crippen LogP contribution in [0.3, 0.4) is 0 Å². The van der Waals surface area contributed by atoms with Gasteiger partial charge in [0.15, 0.2) is 0 Å². The largest absolute Gasteiger partial charge is 0.391 e. The van der Waals surface area contributed by atoms with E-state index in [4.69, 9.17) is 5.73 Å². The summed E-state index contributed by atoms with van der Waals surface area (Å²) < 4.78 is 0. The highest BCUT2D eigenvalue weighted by Gasteiger charge is 2.36. The molecule has 2 aromatic carbocycles. The number of hydrogen-bond acceptors (Lipinski definition) is 9. The Hall–Kier alpha value is -4.05.